The van der Waals surface area contributed by atoms with E-state index in [2.05, 4.69) is 4.90 Å². The third-order valence-electron chi connectivity index (χ3n) is 8.80. The summed E-state index contributed by atoms with van der Waals surface area (Å²) in [4.78, 5) is 41.1. The fourth-order valence-electron chi connectivity index (χ4n) is 6.16. The lowest BCUT2D eigenvalue weighted by Gasteiger charge is -2.37. The van der Waals surface area contributed by atoms with E-state index in [0.717, 1.165) is 41.5 Å². The maximum absolute atomic E-state index is 13.3. The Hall–Kier alpha value is -4.58. The lowest BCUT2D eigenvalue weighted by Crippen LogP contribution is -2.47. The molecule has 256 valence electrons. The number of rotatable bonds is 9. The number of nitrogens with zero attached hydrogens (tertiary/aromatic N) is 5. The number of halogens is 3. The summed E-state index contributed by atoms with van der Waals surface area (Å²) in [7, 11) is 0. The molecule has 0 bridgehead atoms. The Morgan fingerprint density at radius 1 is 0.878 bits per heavy atom. The summed E-state index contributed by atoms with van der Waals surface area (Å²) in [6, 6.07) is 24.8. The second kappa shape index (κ2) is 15.3. The van der Waals surface area contributed by atoms with Gasteiger partial charge >= 0.3 is 12.1 Å². The molecule has 0 spiro atoms. The molecule has 1 unspecified atom stereocenters. The van der Waals surface area contributed by atoms with E-state index in [1.54, 1.807) is 17.9 Å². The largest absolute Gasteiger partial charge is 0.466 e. The molecule has 8 nitrogen and oxygen atoms in total. The van der Waals surface area contributed by atoms with Crippen LogP contribution in [-0.4, -0.2) is 72.6 Å². The van der Waals surface area contributed by atoms with E-state index in [1.807, 2.05) is 65.6 Å². The average molecular weight is 690 g/mol. The van der Waals surface area contributed by atoms with E-state index in [1.165, 1.54) is 23.9 Å². The molecule has 2 saturated heterocycles. The minimum atomic E-state index is -4.39. The number of carbonyl (C=O) groups is 2. The van der Waals surface area contributed by atoms with Crippen molar-refractivity contribution < 1.29 is 27.5 Å². The van der Waals surface area contributed by atoms with Crippen LogP contribution in [0.15, 0.2) is 90.1 Å². The van der Waals surface area contributed by atoms with Gasteiger partial charge < -0.3 is 19.4 Å². The molecule has 1 amide bonds. The van der Waals surface area contributed by atoms with Crippen molar-refractivity contribution in [2.45, 2.75) is 36.9 Å². The zero-order valence-electron chi connectivity index (χ0n) is 27.2. The maximum Gasteiger partial charge on any atom is 0.416 e. The van der Waals surface area contributed by atoms with Crippen LogP contribution in [-0.2, 0) is 21.5 Å². The van der Waals surface area contributed by atoms with E-state index in [9.17, 15) is 22.8 Å². The van der Waals surface area contributed by atoms with Gasteiger partial charge in [-0.1, -0.05) is 60.3 Å². The highest BCUT2D eigenvalue weighted by Gasteiger charge is 2.32. The highest BCUT2D eigenvalue weighted by Crippen LogP contribution is 2.33. The van der Waals surface area contributed by atoms with Crippen LogP contribution < -0.4 is 9.80 Å². The van der Waals surface area contributed by atoms with Crippen LogP contribution in [0.4, 0.5) is 24.7 Å². The number of benzene rings is 3. The van der Waals surface area contributed by atoms with Crippen molar-refractivity contribution in [2.24, 2.45) is 5.92 Å². The topological polar surface area (TPSA) is 78.9 Å². The van der Waals surface area contributed by atoms with E-state index in [4.69, 9.17) is 14.7 Å². The number of hydrogen-bond donors (Lipinski definition) is 0. The number of piperidine rings is 1. The molecular formula is C37H38F3N5O3S. The van der Waals surface area contributed by atoms with Gasteiger partial charge in [-0.05, 0) is 55.7 Å². The molecule has 1 aromatic heterocycles. The van der Waals surface area contributed by atoms with E-state index >= 15 is 0 Å². The van der Waals surface area contributed by atoms with Gasteiger partial charge in [0.25, 0.3) is 5.91 Å². The van der Waals surface area contributed by atoms with Crippen LogP contribution in [0.1, 0.15) is 41.3 Å². The molecule has 2 aliphatic heterocycles. The van der Waals surface area contributed by atoms with Crippen molar-refractivity contribution in [1.29, 1.82) is 0 Å². The van der Waals surface area contributed by atoms with Gasteiger partial charge in [0.1, 0.15) is 5.82 Å². The van der Waals surface area contributed by atoms with E-state index in [0.29, 0.717) is 68.0 Å². The Morgan fingerprint density at radius 2 is 1.61 bits per heavy atom. The zero-order chi connectivity index (χ0) is 34.4. The number of ether oxygens (including phenoxy) is 1. The molecule has 1 atom stereocenters. The van der Waals surface area contributed by atoms with Crippen LogP contribution in [0.2, 0.25) is 0 Å². The number of anilines is 2. The molecule has 12 heteroatoms. The first-order chi connectivity index (χ1) is 23.7. The number of likely N-dealkylation sites (tertiary alicyclic amines) is 1. The minimum Gasteiger partial charge on any atom is -0.466 e. The summed E-state index contributed by atoms with van der Waals surface area (Å²) in [5.74, 6) is 0.730. The predicted octanol–water partition coefficient (Wildman–Crippen LogP) is 7.20. The van der Waals surface area contributed by atoms with Gasteiger partial charge in [-0.2, -0.15) is 13.2 Å². The number of alkyl halides is 3. The van der Waals surface area contributed by atoms with Gasteiger partial charge in [0, 0.05) is 67.9 Å². The van der Waals surface area contributed by atoms with Crippen molar-refractivity contribution in [2.75, 3.05) is 55.7 Å². The fraction of sp³-hybridized carbons (Fsp3) is 0.351. The third-order valence-corrected chi connectivity index (χ3v) is 9.72. The number of esters is 1. The Kier molecular flexibility index (Phi) is 10.7. The maximum atomic E-state index is 13.3. The van der Waals surface area contributed by atoms with Gasteiger partial charge in [0.05, 0.1) is 23.8 Å². The lowest BCUT2D eigenvalue weighted by atomic mass is 9.97. The second-order valence-corrected chi connectivity index (χ2v) is 13.1. The summed E-state index contributed by atoms with van der Waals surface area (Å²) < 4.78 is 45.1. The first-order valence-corrected chi connectivity index (χ1v) is 17.5. The Morgan fingerprint density at radius 3 is 2.33 bits per heavy atom. The van der Waals surface area contributed by atoms with Gasteiger partial charge in [-0.3, -0.25) is 9.59 Å². The Balaban J connectivity index is 1.12. The van der Waals surface area contributed by atoms with Crippen LogP contribution >= 0.6 is 11.8 Å². The Bertz CT molecular complexity index is 1750. The van der Waals surface area contributed by atoms with Gasteiger partial charge in [-0.25, -0.2) is 9.97 Å². The Labute approximate surface area is 288 Å². The highest BCUT2D eigenvalue weighted by molar-refractivity contribution is 7.98. The molecule has 49 heavy (non-hydrogen) atoms. The first-order valence-electron chi connectivity index (χ1n) is 16.5. The van der Waals surface area contributed by atoms with Crippen molar-refractivity contribution in [3.63, 3.8) is 0 Å². The molecule has 3 aromatic carbocycles. The lowest BCUT2D eigenvalue weighted by molar-refractivity contribution is -0.149. The molecule has 3 heterocycles. The predicted molar refractivity (Wildman–Crippen MR) is 185 cm³/mol. The molecule has 2 aliphatic rings. The number of carbonyl (C=O) groups excluding carboxylic acids is 2. The van der Waals surface area contributed by atoms with Crippen molar-refractivity contribution in [1.82, 2.24) is 14.9 Å². The van der Waals surface area contributed by atoms with E-state index in [-0.39, 0.29) is 17.8 Å². The SMILES string of the molecule is CCOC(=O)C1CCCN(C(=O)c2ccc(CSc3nc(-c4ccccc4)cc(N4CCN(c5cccc(C(F)(F)F)c5)CC4)n3)cc2)C1. The number of thioether (sulfide) groups is 1. The fourth-order valence-corrected chi connectivity index (χ4v) is 6.97. The summed E-state index contributed by atoms with van der Waals surface area (Å²) in [6.45, 7) is 5.40. The first kappa shape index (κ1) is 34.3. The molecule has 0 N–H and O–H groups in total. The van der Waals surface area contributed by atoms with Crippen molar-refractivity contribution in [3.05, 3.63) is 102 Å². The number of hydrogen-bond acceptors (Lipinski definition) is 8. The number of piperazine rings is 1. The smallest absolute Gasteiger partial charge is 0.416 e. The number of amides is 1. The quantitative estimate of drug-likeness (QED) is 0.104. The third kappa shape index (κ3) is 8.54. The van der Waals surface area contributed by atoms with Crippen LogP contribution in [0.25, 0.3) is 11.3 Å². The molecule has 0 aliphatic carbocycles. The minimum absolute atomic E-state index is 0.0927. The summed E-state index contributed by atoms with van der Waals surface area (Å²) >= 11 is 1.50. The highest BCUT2D eigenvalue weighted by atomic mass is 32.2. The molecule has 6 rings (SSSR count). The molecule has 2 fully saturated rings. The van der Waals surface area contributed by atoms with Crippen LogP contribution in [0.3, 0.4) is 0 Å². The molecule has 0 saturated carbocycles. The second-order valence-electron chi connectivity index (χ2n) is 12.1. The van der Waals surface area contributed by atoms with Crippen molar-refractivity contribution in [3.8, 4) is 11.3 Å². The average Bonchev–Trinajstić information content (AvgIpc) is 3.14. The molecule has 4 aromatic rings. The number of aromatic nitrogens is 2. The zero-order valence-corrected chi connectivity index (χ0v) is 28.1. The summed E-state index contributed by atoms with van der Waals surface area (Å²) in [5, 5.41) is 0.607. The standard InChI is InChI=1S/C37H38F3N5O3S/c1-2-48-35(47)29-10-7-17-45(24-29)34(46)28-15-13-26(14-16-28)25-49-36-41-32(27-8-4-3-5-9-27)23-33(42-36)44-20-18-43(19-21-44)31-12-6-11-30(22-31)37(38,39)40/h3-6,8-9,11-16,22-23,29H,2,7,10,17-21,24-25H2,1H3. The monoisotopic (exact) mass is 689 g/mol. The molecular weight excluding hydrogens is 652 g/mol. The van der Waals surface area contributed by atoms with Gasteiger partial charge in [0.15, 0.2) is 5.16 Å². The van der Waals surface area contributed by atoms with Gasteiger partial charge in [-0.15, -0.1) is 0 Å². The van der Waals surface area contributed by atoms with Crippen LogP contribution in [0, 0.1) is 5.92 Å². The van der Waals surface area contributed by atoms with Crippen molar-refractivity contribution >= 4 is 35.1 Å². The summed E-state index contributed by atoms with van der Waals surface area (Å²) in [6.07, 6.45) is -2.90. The summed E-state index contributed by atoms with van der Waals surface area (Å²) in [5.41, 5.74) is 3.24. The normalized spacial score (nSPS) is 16.8. The van der Waals surface area contributed by atoms with Crippen LogP contribution in [0.5, 0.6) is 0 Å². The van der Waals surface area contributed by atoms with E-state index < -0.39 is 11.7 Å². The molecule has 0 radical (unpaired) electrons. The van der Waals surface area contributed by atoms with Gasteiger partial charge in [0.2, 0.25) is 0 Å².